The van der Waals surface area contributed by atoms with Gasteiger partial charge in [0.1, 0.15) is 11.7 Å². The van der Waals surface area contributed by atoms with Crippen molar-refractivity contribution in [3.63, 3.8) is 0 Å². The highest BCUT2D eigenvalue weighted by atomic mass is 16.5. The summed E-state index contributed by atoms with van der Waals surface area (Å²) >= 11 is 0. The summed E-state index contributed by atoms with van der Waals surface area (Å²) in [5.74, 6) is 6.59. The second-order valence-electron chi connectivity index (χ2n) is 10.6. The molecule has 0 aromatic heterocycles. The summed E-state index contributed by atoms with van der Waals surface area (Å²) in [7, 11) is 0. The molecule has 3 nitrogen and oxygen atoms in total. The van der Waals surface area contributed by atoms with Crippen LogP contribution in [0, 0.1) is 23.2 Å². The number of hydrogen-bond donors (Lipinski definition) is 1. The molecule has 0 amide bonds. The summed E-state index contributed by atoms with van der Waals surface area (Å²) in [6.07, 6.45) is 16.5. The predicted molar refractivity (Wildman–Crippen MR) is 133 cm³/mol. The van der Waals surface area contributed by atoms with Gasteiger partial charge in [0.2, 0.25) is 0 Å². The Kier molecular flexibility index (Phi) is 9.83. The van der Waals surface area contributed by atoms with Gasteiger partial charge in [-0.1, -0.05) is 56.9 Å². The number of allylic oxidation sites excluding steroid dienone is 3. The number of carbonyl (C=O) groups is 1. The van der Waals surface area contributed by atoms with Gasteiger partial charge in [-0.05, 0) is 87.7 Å². The molecule has 0 saturated heterocycles. The first kappa shape index (κ1) is 26.5. The summed E-state index contributed by atoms with van der Waals surface area (Å²) in [6.45, 7) is 13.9. The highest BCUT2D eigenvalue weighted by molar-refractivity contribution is 5.66. The van der Waals surface area contributed by atoms with Crippen LogP contribution in [0.1, 0.15) is 105 Å². The monoisotopic (exact) mass is 440 g/mol. The molecule has 2 fully saturated rings. The van der Waals surface area contributed by atoms with E-state index in [9.17, 15) is 9.90 Å². The number of esters is 1. The molecule has 0 aromatic rings. The van der Waals surface area contributed by atoms with Crippen LogP contribution in [0.3, 0.4) is 0 Å². The average Bonchev–Trinajstić information content (AvgIpc) is 2.70. The van der Waals surface area contributed by atoms with Crippen LogP contribution in [0.25, 0.3) is 0 Å². The zero-order chi connectivity index (χ0) is 23.8. The summed E-state index contributed by atoms with van der Waals surface area (Å²) < 4.78 is 5.46. The van der Waals surface area contributed by atoms with E-state index < -0.39 is 5.60 Å². The molecule has 178 valence electrons. The fourth-order valence-corrected chi connectivity index (χ4v) is 5.38. The lowest BCUT2D eigenvalue weighted by Crippen LogP contribution is -2.31. The van der Waals surface area contributed by atoms with Gasteiger partial charge < -0.3 is 9.84 Å². The molecule has 2 aliphatic carbocycles. The molecule has 0 aromatic carbocycles. The highest BCUT2D eigenvalue weighted by Gasteiger charge is 2.36. The molecule has 0 radical (unpaired) electrons. The lowest BCUT2D eigenvalue weighted by atomic mass is 9.63. The molecule has 2 aliphatic rings. The number of hydrogen-bond acceptors (Lipinski definition) is 3. The first-order valence-corrected chi connectivity index (χ1v) is 12.5. The largest absolute Gasteiger partial charge is 0.458 e. The Hall–Kier alpha value is -1.79. The van der Waals surface area contributed by atoms with E-state index in [0.717, 1.165) is 50.5 Å². The maximum Gasteiger partial charge on any atom is 0.303 e. The molecule has 3 atom stereocenters. The van der Waals surface area contributed by atoms with Gasteiger partial charge >= 0.3 is 5.97 Å². The van der Waals surface area contributed by atoms with E-state index in [1.54, 1.807) is 13.8 Å². The minimum absolute atomic E-state index is 0.165. The average molecular weight is 441 g/mol. The first-order chi connectivity index (χ1) is 15.0. The predicted octanol–water partition coefficient (Wildman–Crippen LogP) is 7.06. The zero-order valence-corrected chi connectivity index (χ0v) is 21.1. The van der Waals surface area contributed by atoms with Gasteiger partial charge in [0.15, 0.2) is 0 Å². The van der Waals surface area contributed by atoms with Crippen molar-refractivity contribution >= 4 is 5.97 Å². The summed E-state index contributed by atoms with van der Waals surface area (Å²) in [4.78, 5) is 11.4. The van der Waals surface area contributed by atoms with E-state index >= 15 is 0 Å². The SMILES string of the molecule is C=C1/C(=C\C=C2/CCCC(C)(C(CCC)CCC#CC(C)(C)O)C2)CCCC1OC(C)=O. The fraction of sp³-hybridized carbons (Fsp3) is 0.690. The van der Waals surface area contributed by atoms with Crippen molar-refractivity contribution in [3.05, 3.63) is 35.5 Å². The van der Waals surface area contributed by atoms with Crippen LogP contribution in [0.2, 0.25) is 0 Å². The molecule has 3 heteroatoms. The molecule has 3 unspecified atom stereocenters. The Morgan fingerprint density at radius 3 is 2.72 bits per heavy atom. The van der Waals surface area contributed by atoms with Gasteiger partial charge in [0, 0.05) is 13.3 Å². The van der Waals surface area contributed by atoms with Crippen LogP contribution < -0.4 is 0 Å². The summed E-state index contributed by atoms with van der Waals surface area (Å²) in [5, 5.41) is 9.85. The first-order valence-electron chi connectivity index (χ1n) is 12.5. The molecule has 2 saturated carbocycles. The minimum Gasteiger partial charge on any atom is -0.458 e. The smallest absolute Gasteiger partial charge is 0.303 e. The fourth-order valence-electron chi connectivity index (χ4n) is 5.38. The molecule has 0 aliphatic heterocycles. The Morgan fingerprint density at radius 1 is 1.31 bits per heavy atom. The second-order valence-corrected chi connectivity index (χ2v) is 10.6. The van der Waals surface area contributed by atoms with Crippen molar-refractivity contribution in [2.24, 2.45) is 11.3 Å². The third-order valence-electron chi connectivity index (χ3n) is 7.05. The van der Waals surface area contributed by atoms with E-state index in [1.165, 1.54) is 43.8 Å². The van der Waals surface area contributed by atoms with Crippen LogP contribution in [0.15, 0.2) is 35.5 Å². The molecule has 0 heterocycles. The van der Waals surface area contributed by atoms with Gasteiger partial charge in [0.05, 0.1) is 0 Å². The van der Waals surface area contributed by atoms with E-state index in [-0.39, 0.29) is 12.1 Å². The molecule has 0 spiro atoms. The topological polar surface area (TPSA) is 46.5 Å². The van der Waals surface area contributed by atoms with E-state index in [0.29, 0.717) is 11.3 Å². The van der Waals surface area contributed by atoms with Gasteiger partial charge in [0.25, 0.3) is 0 Å². The maximum atomic E-state index is 11.4. The van der Waals surface area contributed by atoms with Crippen LogP contribution in [-0.4, -0.2) is 22.8 Å². The molecule has 2 rings (SSSR count). The van der Waals surface area contributed by atoms with Crippen LogP contribution in [0.5, 0.6) is 0 Å². The van der Waals surface area contributed by atoms with Crippen LogP contribution in [-0.2, 0) is 9.53 Å². The standard InChI is InChI=1S/C29H44O3/c1-7-12-26(15-8-9-19-28(4,5)31)29(6)20-11-13-24(21-29)17-18-25-14-10-16-27(22(25)2)32-23(3)30/h17-18,26-27,31H,2,7-8,10-16,20-21H2,1,3-6H3/b24-17+,25-18-. The van der Waals surface area contributed by atoms with Crippen molar-refractivity contribution < 1.29 is 14.6 Å². The maximum absolute atomic E-state index is 11.4. The van der Waals surface area contributed by atoms with Gasteiger partial charge in [-0.3, -0.25) is 4.79 Å². The van der Waals surface area contributed by atoms with Crippen molar-refractivity contribution in [1.29, 1.82) is 0 Å². The number of aliphatic hydroxyl groups is 1. The number of carbonyl (C=O) groups excluding carboxylic acids is 1. The van der Waals surface area contributed by atoms with Crippen molar-refractivity contribution in [2.45, 2.75) is 117 Å². The van der Waals surface area contributed by atoms with Gasteiger partial charge in [-0.25, -0.2) is 0 Å². The number of ether oxygens (including phenoxy) is 1. The number of rotatable bonds is 7. The van der Waals surface area contributed by atoms with Crippen molar-refractivity contribution in [3.8, 4) is 11.8 Å². The molecular weight excluding hydrogens is 396 g/mol. The molecule has 1 N–H and O–H groups in total. The Bertz CT molecular complexity index is 783. The third-order valence-corrected chi connectivity index (χ3v) is 7.05. The quantitative estimate of drug-likeness (QED) is 0.340. The third kappa shape index (κ3) is 8.28. The Morgan fingerprint density at radius 2 is 2.06 bits per heavy atom. The van der Waals surface area contributed by atoms with Gasteiger partial charge in [-0.2, -0.15) is 0 Å². The van der Waals surface area contributed by atoms with Gasteiger partial charge in [-0.15, -0.1) is 5.92 Å². The Labute approximate surface area is 196 Å². The molecule has 0 bridgehead atoms. The Balaban J connectivity index is 2.09. The van der Waals surface area contributed by atoms with Crippen molar-refractivity contribution in [2.75, 3.05) is 0 Å². The van der Waals surface area contributed by atoms with Crippen LogP contribution >= 0.6 is 0 Å². The van der Waals surface area contributed by atoms with Crippen LogP contribution in [0.4, 0.5) is 0 Å². The lowest BCUT2D eigenvalue weighted by molar-refractivity contribution is -0.145. The highest BCUT2D eigenvalue weighted by Crippen LogP contribution is 2.48. The normalized spacial score (nSPS) is 27.7. The van der Waals surface area contributed by atoms with E-state index in [4.69, 9.17) is 4.74 Å². The molecule has 32 heavy (non-hydrogen) atoms. The summed E-state index contributed by atoms with van der Waals surface area (Å²) in [5.41, 5.74) is 3.12. The summed E-state index contributed by atoms with van der Waals surface area (Å²) in [6, 6.07) is 0. The van der Waals surface area contributed by atoms with Crippen molar-refractivity contribution in [1.82, 2.24) is 0 Å². The second kappa shape index (κ2) is 11.9. The minimum atomic E-state index is -0.907. The van der Waals surface area contributed by atoms with E-state index in [2.05, 4.69) is 44.4 Å². The van der Waals surface area contributed by atoms with E-state index in [1.807, 2.05) is 0 Å². The molecular formula is C29H44O3. The lowest BCUT2D eigenvalue weighted by Gasteiger charge is -2.42. The zero-order valence-electron chi connectivity index (χ0n) is 21.1.